The van der Waals surface area contributed by atoms with Crippen LogP contribution >= 0.6 is 22.6 Å². The van der Waals surface area contributed by atoms with E-state index in [1.807, 2.05) is 18.2 Å². The van der Waals surface area contributed by atoms with E-state index in [4.69, 9.17) is 4.74 Å². The smallest absolute Gasteiger partial charge is 0.338 e. The maximum Gasteiger partial charge on any atom is 0.338 e. The van der Waals surface area contributed by atoms with Crippen LogP contribution in [0.25, 0.3) is 0 Å². The number of hydrogen-bond acceptors (Lipinski definition) is 4. The van der Waals surface area contributed by atoms with Gasteiger partial charge in [-0.3, -0.25) is 14.9 Å². The molecule has 1 N–H and O–H groups in total. The highest BCUT2D eigenvalue weighted by atomic mass is 127. The van der Waals surface area contributed by atoms with Gasteiger partial charge >= 0.3 is 5.97 Å². The minimum atomic E-state index is -0.648. The van der Waals surface area contributed by atoms with Crippen LogP contribution in [0.4, 0.5) is 0 Å². The maximum atomic E-state index is 11.7. The van der Waals surface area contributed by atoms with E-state index in [2.05, 4.69) is 27.9 Å². The van der Waals surface area contributed by atoms with Crippen molar-refractivity contribution in [2.24, 2.45) is 0 Å². The summed E-state index contributed by atoms with van der Waals surface area (Å²) >= 11 is 2.12. The van der Waals surface area contributed by atoms with Crippen molar-refractivity contribution in [3.8, 4) is 0 Å². The van der Waals surface area contributed by atoms with Gasteiger partial charge in [-0.15, -0.1) is 0 Å². The number of carbonyl (C=O) groups is 3. The fraction of sp³-hybridized carbons (Fsp3) is 0.118. The van der Waals surface area contributed by atoms with Crippen molar-refractivity contribution in [3.05, 3.63) is 69.3 Å². The highest BCUT2D eigenvalue weighted by Crippen LogP contribution is 2.07. The summed E-state index contributed by atoms with van der Waals surface area (Å²) in [6, 6.07) is 15.8. The zero-order valence-electron chi connectivity index (χ0n) is 12.1. The molecule has 0 heterocycles. The van der Waals surface area contributed by atoms with Crippen molar-refractivity contribution < 1.29 is 19.1 Å². The van der Waals surface area contributed by atoms with Gasteiger partial charge in [-0.05, 0) is 52.4 Å². The molecule has 0 spiro atoms. The Morgan fingerprint density at radius 1 is 0.913 bits per heavy atom. The molecular formula is C17H14INO4. The predicted octanol–water partition coefficient (Wildman–Crippen LogP) is 2.33. The average Bonchev–Trinajstić information content (AvgIpc) is 2.54. The highest BCUT2D eigenvalue weighted by molar-refractivity contribution is 14.1. The number of nitrogens with one attached hydrogen (secondary N) is 1. The molecule has 2 aromatic carbocycles. The SMILES string of the molecule is O=C(COC(=O)c1ccc(I)cc1)NC(=O)Cc1ccccc1. The number of imide groups is 1. The second-order valence-electron chi connectivity index (χ2n) is 4.72. The maximum absolute atomic E-state index is 11.7. The van der Waals surface area contributed by atoms with Crippen LogP contribution in [0.3, 0.4) is 0 Å². The van der Waals surface area contributed by atoms with E-state index >= 15 is 0 Å². The van der Waals surface area contributed by atoms with Crippen molar-refractivity contribution in [1.29, 1.82) is 0 Å². The molecule has 0 saturated carbocycles. The summed E-state index contributed by atoms with van der Waals surface area (Å²) in [6.07, 6.45) is 0.0949. The molecule has 0 aliphatic heterocycles. The Hall–Kier alpha value is -2.22. The first-order valence-electron chi connectivity index (χ1n) is 6.84. The molecule has 0 aromatic heterocycles. The van der Waals surface area contributed by atoms with E-state index in [-0.39, 0.29) is 6.42 Å². The number of ether oxygens (including phenoxy) is 1. The molecule has 6 heteroatoms. The number of halogens is 1. The van der Waals surface area contributed by atoms with E-state index in [0.717, 1.165) is 9.13 Å². The largest absolute Gasteiger partial charge is 0.452 e. The minimum absolute atomic E-state index is 0.0949. The van der Waals surface area contributed by atoms with Crippen molar-refractivity contribution in [3.63, 3.8) is 0 Å². The van der Waals surface area contributed by atoms with E-state index < -0.39 is 24.4 Å². The molecule has 0 radical (unpaired) electrons. The molecule has 2 amide bonds. The summed E-state index contributed by atoms with van der Waals surface area (Å²) in [5.74, 6) is -1.69. The summed E-state index contributed by atoms with van der Waals surface area (Å²) in [7, 11) is 0. The Morgan fingerprint density at radius 3 is 2.22 bits per heavy atom. The van der Waals surface area contributed by atoms with Crippen LogP contribution in [0.2, 0.25) is 0 Å². The Balaban J connectivity index is 1.77. The molecule has 2 rings (SSSR count). The minimum Gasteiger partial charge on any atom is -0.452 e. The van der Waals surface area contributed by atoms with E-state index in [1.54, 1.807) is 36.4 Å². The van der Waals surface area contributed by atoms with Crippen LogP contribution in [0, 0.1) is 3.57 Å². The van der Waals surface area contributed by atoms with Crippen LogP contribution in [0.5, 0.6) is 0 Å². The molecule has 5 nitrogen and oxygen atoms in total. The molecule has 118 valence electrons. The molecule has 0 saturated heterocycles. The average molecular weight is 423 g/mol. The monoisotopic (exact) mass is 423 g/mol. The molecule has 0 bridgehead atoms. The molecular weight excluding hydrogens is 409 g/mol. The fourth-order valence-electron chi connectivity index (χ4n) is 1.82. The first kappa shape index (κ1) is 17.1. The highest BCUT2D eigenvalue weighted by Gasteiger charge is 2.12. The van der Waals surface area contributed by atoms with Crippen LogP contribution in [0.15, 0.2) is 54.6 Å². The summed E-state index contributed by atoms with van der Waals surface area (Å²) < 4.78 is 5.86. The third-order valence-corrected chi connectivity index (χ3v) is 3.62. The van der Waals surface area contributed by atoms with Gasteiger partial charge in [0.15, 0.2) is 6.61 Å². The Labute approximate surface area is 147 Å². The van der Waals surface area contributed by atoms with Crippen molar-refractivity contribution >= 4 is 40.4 Å². The number of rotatable bonds is 5. The van der Waals surface area contributed by atoms with Gasteiger partial charge in [0.1, 0.15) is 0 Å². The third kappa shape index (κ3) is 5.82. The van der Waals surface area contributed by atoms with E-state index in [0.29, 0.717) is 5.56 Å². The van der Waals surface area contributed by atoms with Gasteiger partial charge in [0.25, 0.3) is 5.91 Å². The molecule has 0 aliphatic carbocycles. The number of carbonyl (C=O) groups excluding carboxylic acids is 3. The van der Waals surface area contributed by atoms with Gasteiger partial charge in [-0.25, -0.2) is 4.79 Å². The predicted molar refractivity (Wildman–Crippen MR) is 92.7 cm³/mol. The number of amides is 2. The van der Waals surface area contributed by atoms with Gasteiger partial charge in [-0.2, -0.15) is 0 Å². The molecule has 2 aromatic rings. The first-order valence-corrected chi connectivity index (χ1v) is 7.92. The number of esters is 1. The molecule has 0 unspecified atom stereocenters. The van der Waals surface area contributed by atoms with Crippen molar-refractivity contribution in [1.82, 2.24) is 5.32 Å². The van der Waals surface area contributed by atoms with Crippen LogP contribution in [-0.2, 0) is 20.7 Å². The van der Waals surface area contributed by atoms with Gasteiger partial charge in [0, 0.05) is 3.57 Å². The zero-order chi connectivity index (χ0) is 16.7. The third-order valence-electron chi connectivity index (χ3n) is 2.90. The molecule has 0 fully saturated rings. The lowest BCUT2D eigenvalue weighted by Gasteiger charge is -2.06. The lowest BCUT2D eigenvalue weighted by Crippen LogP contribution is -2.35. The standard InChI is InChI=1S/C17H14INO4/c18-14-8-6-13(7-9-14)17(22)23-11-16(21)19-15(20)10-12-4-2-1-3-5-12/h1-9H,10-11H2,(H,19,20,21). The zero-order valence-corrected chi connectivity index (χ0v) is 14.3. The Bertz CT molecular complexity index is 698. The lowest BCUT2D eigenvalue weighted by atomic mass is 10.1. The van der Waals surface area contributed by atoms with Crippen LogP contribution in [0.1, 0.15) is 15.9 Å². The quantitative estimate of drug-likeness (QED) is 0.592. The second kappa shape index (κ2) is 8.42. The van der Waals surface area contributed by atoms with Crippen LogP contribution in [-0.4, -0.2) is 24.4 Å². The van der Waals surface area contributed by atoms with Crippen molar-refractivity contribution in [2.45, 2.75) is 6.42 Å². The Morgan fingerprint density at radius 2 is 1.57 bits per heavy atom. The number of benzene rings is 2. The normalized spacial score (nSPS) is 9.96. The Kier molecular flexibility index (Phi) is 6.28. The van der Waals surface area contributed by atoms with Gasteiger partial charge in [-0.1, -0.05) is 30.3 Å². The molecule has 0 aliphatic rings. The molecule has 0 atom stereocenters. The van der Waals surface area contributed by atoms with Gasteiger partial charge < -0.3 is 4.74 Å². The summed E-state index contributed by atoms with van der Waals surface area (Å²) in [5.41, 5.74) is 1.16. The van der Waals surface area contributed by atoms with Crippen LogP contribution < -0.4 is 5.32 Å². The van der Waals surface area contributed by atoms with E-state index in [1.165, 1.54) is 0 Å². The number of hydrogen-bond donors (Lipinski definition) is 1. The summed E-state index contributed by atoms with van der Waals surface area (Å²) in [4.78, 5) is 35.1. The summed E-state index contributed by atoms with van der Waals surface area (Å²) in [6.45, 7) is -0.495. The fourth-order valence-corrected chi connectivity index (χ4v) is 2.18. The first-order chi connectivity index (χ1) is 11.0. The van der Waals surface area contributed by atoms with Gasteiger partial charge in [0.05, 0.1) is 12.0 Å². The topological polar surface area (TPSA) is 72.5 Å². The van der Waals surface area contributed by atoms with E-state index in [9.17, 15) is 14.4 Å². The summed E-state index contributed by atoms with van der Waals surface area (Å²) in [5, 5.41) is 2.19. The second-order valence-corrected chi connectivity index (χ2v) is 5.96. The lowest BCUT2D eigenvalue weighted by molar-refractivity contribution is -0.132. The van der Waals surface area contributed by atoms with Gasteiger partial charge in [0.2, 0.25) is 5.91 Å². The van der Waals surface area contributed by atoms with Crippen molar-refractivity contribution in [2.75, 3.05) is 6.61 Å². The molecule has 23 heavy (non-hydrogen) atoms.